The number of carbonyl (C=O) groups excluding carboxylic acids is 2. The average molecular weight is 483 g/mol. The van der Waals surface area contributed by atoms with Crippen LogP contribution in [0.2, 0.25) is 0 Å². The molecule has 0 aliphatic carbocycles. The van der Waals surface area contributed by atoms with Crippen molar-refractivity contribution in [2.45, 2.75) is 58.4 Å². The third-order valence-electron chi connectivity index (χ3n) is 7.11. The van der Waals surface area contributed by atoms with Crippen LogP contribution in [0.3, 0.4) is 0 Å². The van der Waals surface area contributed by atoms with Crippen molar-refractivity contribution in [2.24, 2.45) is 0 Å². The number of hydrogen-bond donors (Lipinski definition) is 1. The number of benzene rings is 3. The second-order valence-corrected chi connectivity index (χ2v) is 9.39. The lowest BCUT2D eigenvalue weighted by Crippen LogP contribution is -2.39. The fourth-order valence-corrected chi connectivity index (χ4v) is 5.14. The van der Waals surface area contributed by atoms with Gasteiger partial charge in [-0.05, 0) is 74.1 Å². The topological polar surface area (TPSA) is 88.3 Å². The summed E-state index contributed by atoms with van der Waals surface area (Å²) in [6.07, 6.45) is 5.05. The first-order valence-electron chi connectivity index (χ1n) is 12.6. The van der Waals surface area contributed by atoms with Gasteiger partial charge in [-0.15, -0.1) is 15.0 Å². The van der Waals surface area contributed by atoms with Gasteiger partial charge in [0.05, 0.1) is 11.1 Å². The number of phenols is 1. The maximum Gasteiger partial charge on any atom is 0.261 e. The molecule has 5 rings (SSSR count). The van der Waals surface area contributed by atoms with Gasteiger partial charge in [0.1, 0.15) is 22.5 Å². The molecule has 4 aromatic rings. The molecule has 1 N–H and O–H groups in total. The van der Waals surface area contributed by atoms with Crippen molar-refractivity contribution in [2.75, 3.05) is 0 Å². The summed E-state index contributed by atoms with van der Waals surface area (Å²) in [6.45, 7) is 4.06. The van der Waals surface area contributed by atoms with Crippen LogP contribution in [0, 0.1) is 6.92 Å². The van der Waals surface area contributed by atoms with E-state index in [1.807, 2.05) is 44.2 Å². The van der Waals surface area contributed by atoms with Crippen molar-refractivity contribution in [3.63, 3.8) is 0 Å². The Kier molecular flexibility index (Phi) is 6.55. The first kappa shape index (κ1) is 23.7. The Morgan fingerprint density at radius 3 is 2.06 bits per heavy atom. The van der Waals surface area contributed by atoms with Crippen molar-refractivity contribution in [3.05, 3.63) is 82.9 Å². The van der Waals surface area contributed by atoms with Gasteiger partial charge in [0, 0.05) is 6.04 Å². The first-order valence-corrected chi connectivity index (χ1v) is 12.6. The molecule has 0 bridgehead atoms. The lowest BCUT2D eigenvalue weighted by molar-refractivity contribution is 0.0569. The summed E-state index contributed by atoms with van der Waals surface area (Å²) in [5.41, 5.74) is 5.32. The standard InChI is InChI=1S/C29H30N4O3/c1-3-20(32-28(35)22-13-7-8-14-23(22)29(32)36)11-5-4-6-12-21-19(2)17-18-26(34)27(21)33-30-24-15-9-10-16-25(24)31-33/h7-10,13-18,20,34H,3-6,11-12H2,1-2H3. The molecule has 3 aromatic carbocycles. The minimum absolute atomic E-state index is 0.101. The SMILES string of the molecule is CCC(CCCCCc1c(C)ccc(O)c1-n1nc2ccccc2n1)N1C(=O)c2ccccc2C1=O. The normalized spacial score (nSPS) is 14.0. The summed E-state index contributed by atoms with van der Waals surface area (Å²) in [4.78, 5) is 28.7. The Bertz CT molecular complexity index is 1370. The molecule has 1 aliphatic rings. The van der Waals surface area contributed by atoms with Gasteiger partial charge in [0.15, 0.2) is 0 Å². The third-order valence-corrected chi connectivity index (χ3v) is 7.11. The molecule has 184 valence electrons. The van der Waals surface area contributed by atoms with Crippen molar-refractivity contribution in [1.82, 2.24) is 19.9 Å². The predicted octanol–water partition coefficient (Wildman–Crippen LogP) is 5.61. The number of unbranched alkanes of at least 4 members (excludes halogenated alkanes) is 2. The largest absolute Gasteiger partial charge is 0.506 e. The van der Waals surface area contributed by atoms with Gasteiger partial charge in [0.2, 0.25) is 0 Å². The first-order chi connectivity index (χ1) is 17.5. The zero-order chi connectivity index (χ0) is 25.2. The van der Waals surface area contributed by atoms with Crippen LogP contribution in [-0.2, 0) is 6.42 Å². The smallest absolute Gasteiger partial charge is 0.261 e. The van der Waals surface area contributed by atoms with E-state index in [4.69, 9.17) is 0 Å². The Morgan fingerprint density at radius 2 is 1.44 bits per heavy atom. The lowest BCUT2D eigenvalue weighted by atomic mass is 9.98. The number of nitrogens with zero attached hydrogens (tertiary/aromatic N) is 4. The summed E-state index contributed by atoms with van der Waals surface area (Å²) in [6, 6.07) is 18.2. The maximum atomic E-state index is 12.9. The van der Waals surface area contributed by atoms with Crippen molar-refractivity contribution < 1.29 is 14.7 Å². The Morgan fingerprint density at radius 1 is 0.833 bits per heavy atom. The van der Waals surface area contributed by atoms with Crippen LogP contribution >= 0.6 is 0 Å². The Labute approximate surface area is 210 Å². The van der Waals surface area contributed by atoms with E-state index in [-0.39, 0.29) is 23.6 Å². The van der Waals surface area contributed by atoms with Gasteiger partial charge in [-0.3, -0.25) is 14.5 Å². The molecule has 1 atom stereocenters. The number of aryl methyl sites for hydroxylation is 1. The van der Waals surface area contributed by atoms with Crippen LogP contribution in [0.1, 0.15) is 70.9 Å². The molecule has 0 saturated heterocycles. The highest BCUT2D eigenvalue weighted by Gasteiger charge is 2.38. The molecule has 0 saturated carbocycles. The molecular weight excluding hydrogens is 452 g/mol. The van der Waals surface area contributed by atoms with Crippen LogP contribution in [0.25, 0.3) is 16.7 Å². The van der Waals surface area contributed by atoms with Gasteiger partial charge < -0.3 is 5.11 Å². The maximum absolute atomic E-state index is 12.9. The van der Waals surface area contributed by atoms with E-state index in [1.54, 1.807) is 30.3 Å². The number of hydrogen-bond acceptors (Lipinski definition) is 5. The highest BCUT2D eigenvalue weighted by molar-refractivity contribution is 6.21. The van der Waals surface area contributed by atoms with Gasteiger partial charge in [0.25, 0.3) is 11.8 Å². The van der Waals surface area contributed by atoms with Crippen molar-refractivity contribution in [1.29, 1.82) is 0 Å². The van der Waals surface area contributed by atoms with E-state index in [0.29, 0.717) is 16.8 Å². The molecule has 1 unspecified atom stereocenters. The molecule has 0 radical (unpaired) electrons. The molecule has 1 aromatic heterocycles. The van der Waals surface area contributed by atoms with Gasteiger partial charge in [-0.25, -0.2) is 0 Å². The molecular formula is C29H30N4O3. The number of rotatable bonds is 9. The van der Waals surface area contributed by atoms with E-state index in [1.165, 1.54) is 9.70 Å². The van der Waals surface area contributed by atoms with Crippen molar-refractivity contribution >= 4 is 22.8 Å². The van der Waals surface area contributed by atoms with E-state index in [0.717, 1.165) is 60.7 Å². The summed E-state index contributed by atoms with van der Waals surface area (Å²) in [5, 5.41) is 19.8. The van der Waals surface area contributed by atoms with Crippen LogP contribution in [0.15, 0.2) is 60.7 Å². The number of phenolic OH excluding ortho intramolecular Hbond substituents is 1. The van der Waals surface area contributed by atoms with Crippen LogP contribution in [-0.4, -0.2) is 42.9 Å². The minimum atomic E-state index is -0.179. The third kappa shape index (κ3) is 4.26. The van der Waals surface area contributed by atoms with Crippen LogP contribution in [0.5, 0.6) is 5.75 Å². The zero-order valence-corrected chi connectivity index (χ0v) is 20.6. The second-order valence-electron chi connectivity index (χ2n) is 9.39. The summed E-state index contributed by atoms with van der Waals surface area (Å²) < 4.78 is 0. The van der Waals surface area contributed by atoms with Gasteiger partial charge in [-0.2, -0.15) is 0 Å². The second kappa shape index (κ2) is 9.93. The highest BCUT2D eigenvalue weighted by Crippen LogP contribution is 2.31. The molecule has 1 aliphatic heterocycles. The number of imide groups is 1. The molecule has 36 heavy (non-hydrogen) atoms. The Hall–Kier alpha value is -4.00. The number of amides is 2. The summed E-state index contributed by atoms with van der Waals surface area (Å²) in [5.74, 6) is -0.198. The fraction of sp³-hybridized carbons (Fsp3) is 0.310. The molecule has 7 heteroatoms. The fourth-order valence-electron chi connectivity index (χ4n) is 5.14. The molecule has 2 heterocycles. The average Bonchev–Trinajstić information content (AvgIpc) is 3.42. The number of aromatic hydroxyl groups is 1. The quantitative estimate of drug-likeness (QED) is 0.247. The van der Waals surface area contributed by atoms with E-state index >= 15 is 0 Å². The van der Waals surface area contributed by atoms with Crippen LogP contribution in [0.4, 0.5) is 0 Å². The van der Waals surface area contributed by atoms with Gasteiger partial charge in [-0.1, -0.05) is 50.1 Å². The minimum Gasteiger partial charge on any atom is -0.506 e. The molecule has 7 nitrogen and oxygen atoms in total. The van der Waals surface area contributed by atoms with E-state index in [2.05, 4.69) is 10.2 Å². The molecule has 0 spiro atoms. The molecule has 0 fully saturated rings. The predicted molar refractivity (Wildman–Crippen MR) is 138 cm³/mol. The number of carbonyl (C=O) groups is 2. The Balaban J connectivity index is 1.24. The summed E-state index contributed by atoms with van der Waals surface area (Å²) >= 11 is 0. The monoisotopic (exact) mass is 482 g/mol. The van der Waals surface area contributed by atoms with E-state index in [9.17, 15) is 14.7 Å². The van der Waals surface area contributed by atoms with Crippen LogP contribution < -0.4 is 0 Å². The zero-order valence-electron chi connectivity index (χ0n) is 20.6. The van der Waals surface area contributed by atoms with Crippen molar-refractivity contribution in [3.8, 4) is 11.4 Å². The molecule has 2 amide bonds. The number of fused-ring (bicyclic) bond motifs is 2. The number of aromatic nitrogens is 3. The summed E-state index contributed by atoms with van der Waals surface area (Å²) in [7, 11) is 0. The lowest BCUT2D eigenvalue weighted by Gasteiger charge is -2.25. The van der Waals surface area contributed by atoms with E-state index < -0.39 is 0 Å². The highest BCUT2D eigenvalue weighted by atomic mass is 16.3. The van der Waals surface area contributed by atoms with Gasteiger partial charge >= 0.3 is 0 Å².